The van der Waals surface area contributed by atoms with E-state index >= 15 is 0 Å². The Morgan fingerprint density at radius 1 is 1.00 bits per heavy atom. The first-order valence-electron chi connectivity index (χ1n) is 7.91. The smallest absolute Gasteiger partial charge is 0.191 e. The lowest BCUT2D eigenvalue weighted by Crippen LogP contribution is -2.40. The molecule has 2 aromatic carbocycles. The van der Waals surface area contributed by atoms with Gasteiger partial charge in [-0.25, -0.2) is 0 Å². The number of hydrogen-bond acceptors (Lipinski definition) is 2. The summed E-state index contributed by atoms with van der Waals surface area (Å²) in [5, 5.41) is 6.62. The first-order valence-corrected chi connectivity index (χ1v) is 7.91. The van der Waals surface area contributed by atoms with Crippen molar-refractivity contribution >= 4 is 5.96 Å². The van der Waals surface area contributed by atoms with Crippen LogP contribution in [0.3, 0.4) is 0 Å². The van der Waals surface area contributed by atoms with Gasteiger partial charge in [0.25, 0.3) is 0 Å². The topological polar surface area (TPSA) is 45.7 Å². The van der Waals surface area contributed by atoms with Crippen molar-refractivity contribution in [1.29, 1.82) is 0 Å². The Morgan fingerprint density at radius 2 is 1.65 bits per heavy atom. The van der Waals surface area contributed by atoms with E-state index in [9.17, 15) is 0 Å². The summed E-state index contributed by atoms with van der Waals surface area (Å²) < 4.78 is 5.86. The van der Waals surface area contributed by atoms with Crippen molar-refractivity contribution < 1.29 is 4.74 Å². The van der Waals surface area contributed by atoms with Gasteiger partial charge in [0.2, 0.25) is 0 Å². The summed E-state index contributed by atoms with van der Waals surface area (Å²) in [6, 6.07) is 18.5. The number of nitrogens with one attached hydrogen (secondary N) is 2. The van der Waals surface area contributed by atoms with Crippen LogP contribution in [0.1, 0.15) is 25.0 Å². The molecule has 4 heteroatoms. The molecule has 0 aliphatic rings. The summed E-state index contributed by atoms with van der Waals surface area (Å²) in [7, 11) is 1.78. The Bertz CT molecular complexity index is 624. The normalized spacial score (nSPS) is 11.4. The lowest BCUT2D eigenvalue weighted by Gasteiger charge is -2.16. The van der Waals surface area contributed by atoms with Gasteiger partial charge >= 0.3 is 0 Å². The van der Waals surface area contributed by atoms with E-state index in [1.807, 2.05) is 42.5 Å². The highest BCUT2D eigenvalue weighted by atomic mass is 16.5. The highest BCUT2D eigenvalue weighted by Gasteiger charge is 2.05. The van der Waals surface area contributed by atoms with Crippen molar-refractivity contribution in [2.45, 2.75) is 33.0 Å². The highest BCUT2D eigenvalue weighted by molar-refractivity contribution is 5.79. The van der Waals surface area contributed by atoms with Crippen LogP contribution < -0.4 is 15.4 Å². The van der Waals surface area contributed by atoms with Crippen molar-refractivity contribution in [3.63, 3.8) is 0 Å². The van der Waals surface area contributed by atoms with Gasteiger partial charge in [0.05, 0.1) is 0 Å². The number of hydrogen-bond donors (Lipinski definition) is 2. The number of para-hydroxylation sites is 1. The molecule has 122 valence electrons. The van der Waals surface area contributed by atoms with Gasteiger partial charge < -0.3 is 15.4 Å². The first-order chi connectivity index (χ1) is 11.2. The van der Waals surface area contributed by atoms with Gasteiger partial charge in [-0.05, 0) is 37.1 Å². The van der Waals surface area contributed by atoms with E-state index in [4.69, 9.17) is 4.74 Å². The molecule has 0 saturated heterocycles. The predicted molar refractivity (Wildman–Crippen MR) is 95.7 cm³/mol. The molecule has 2 N–H and O–H groups in total. The largest absolute Gasteiger partial charge is 0.489 e. The quantitative estimate of drug-likeness (QED) is 0.635. The first kappa shape index (κ1) is 16.9. The number of guanidine groups is 1. The second kappa shape index (κ2) is 8.83. The van der Waals surface area contributed by atoms with Crippen LogP contribution in [-0.2, 0) is 13.2 Å². The lowest BCUT2D eigenvalue weighted by atomic mass is 10.1. The number of nitrogens with zero attached hydrogens (tertiary/aromatic N) is 1. The molecule has 0 atom stereocenters. The molecule has 4 nitrogen and oxygen atoms in total. The van der Waals surface area contributed by atoms with Crippen LogP contribution in [0.15, 0.2) is 59.6 Å². The van der Waals surface area contributed by atoms with Gasteiger partial charge in [0.15, 0.2) is 5.96 Å². The van der Waals surface area contributed by atoms with Crippen molar-refractivity contribution in [2.75, 3.05) is 7.05 Å². The van der Waals surface area contributed by atoms with Crippen molar-refractivity contribution in [2.24, 2.45) is 4.99 Å². The van der Waals surface area contributed by atoms with Gasteiger partial charge in [-0.15, -0.1) is 0 Å². The Balaban J connectivity index is 1.97. The monoisotopic (exact) mass is 311 g/mol. The molecular weight excluding hydrogens is 286 g/mol. The van der Waals surface area contributed by atoms with Crippen LogP contribution in [0.25, 0.3) is 0 Å². The van der Waals surface area contributed by atoms with E-state index < -0.39 is 0 Å². The van der Waals surface area contributed by atoms with Crippen LogP contribution in [0.4, 0.5) is 0 Å². The van der Waals surface area contributed by atoms with Gasteiger partial charge in [0.1, 0.15) is 12.4 Å². The molecule has 0 aromatic heterocycles. The minimum atomic E-state index is 0.345. The summed E-state index contributed by atoms with van der Waals surface area (Å²) in [5.74, 6) is 1.69. The molecule has 0 aliphatic carbocycles. The summed E-state index contributed by atoms with van der Waals surface area (Å²) in [5.41, 5.74) is 2.37. The molecule has 2 rings (SSSR count). The minimum absolute atomic E-state index is 0.345. The molecule has 23 heavy (non-hydrogen) atoms. The van der Waals surface area contributed by atoms with E-state index in [0.29, 0.717) is 19.2 Å². The summed E-state index contributed by atoms with van der Waals surface area (Å²) >= 11 is 0. The van der Waals surface area contributed by atoms with Crippen LogP contribution in [-0.4, -0.2) is 19.0 Å². The molecule has 0 saturated carbocycles. The third-order valence-corrected chi connectivity index (χ3v) is 3.35. The molecule has 0 heterocycles. The van der Waals surface area contributed by atoms with Crippen LogP contribution in [0.5, 0.6) is 5.75 Å². The van der Waals surface area contributed by atoms with E-state index in [-0.39, 0.29) is 0 Å². The molecule has 0 amide bonds. The molecule has 0 unspecified atom stereocenters. The summed E-state index contributed by atoms with van der Waals surface area (Å²) in [6.07, 6.45) is 0. The maximum Gasteiger partial charge on any atom is 0.191 e. The minimum Gasteiger partial charge on any atom is -0.489 e. The molecular formula is C19H25N3O. The molecule has 0 aliphatic heterocycles. The molecule has 0 bridgehead atoms. The fourth-order valence-corrected chi connectivity index (χ4v) is 2.20. The van der Waals surface area contributed by atoms with E-state index in [1.165, 1.54) is 11.1 Å². The Morgan fingerprint density at radius 3 is 2.30 bits per heavy atom. The zero-order valence-corrected chi connectivity index (χ0v) is 14.0. The Kier molecular flexibility index (Phi) is 6.48. The van der Waals surface area contributed by atoms with Crippen molar-refractivity contribution in [3.05, 3.63) is 65.7 Å². The number of rotatable bonds is 6. The van der Waals surface area contributed by atoms with Crippen LogP contribution >= 0.6 is 0 Å². The standard InChI is InChI=1S/C19H25N3O/c1-15(2)22-19(20-3)21-13-16-9-7-8-10-17(16)14-23-18-11-5-4-6-12-18/h4-12,15H,13-14H2,1-3H3,(H2,20,21,22). The lowest BCUT2D eigenvalue weighted by molar-refractivity contribution is 0.305. The summed E-state index contributed by atoms with van der Waals surface area (Å²) in [6.45, 7) is 5.45. The van der Waals surface area contributed by atoms with E-state index in [2.05, 4.69) is 41.6 Å². The maximum absolute atomic E-state index is 5.86. The SMILES string of the molecule is CN=C(NCc1ccccc1COc1ccccc1)NC(C)C. The molecule has 0 fully saturated rings. The van der Waals surface area contributed by atoms with Gasteiger partial charge in [0, 0.05) is 19.6 Å². The summed E-state index contributed by atoms with van der Waals surface area (Å²) in [4.78, 5) is 4.23. The van der Waals surface area contributed by atoms with Crippen LogP contribution in [0, 0.1) is 0 Å². The highest BCUT2D eigenvalue weighted by Crippen LogP contribution is 2.14. The zero-order valence-electron chi connectivity index (χ0n) is 14.0. The fraction of sp³-hybridized carbons (Fsp3) is 0.316. The number of benzene rings is 2. The average molecular weight is 311 g/mol. The van der Waals surface area contributed by atoms with Gasteiger partial charge in [-0.1, -0.05) is 42.5 Å². The molecule has 2 aromatic rings. The second-order valence-corrected chi connectivity index (χ2v) is 5.60. The van der Waals surface area contributed by atoms with Crippen molar-refractivity contribution in [1.82, 2.24) is 10.6 Å². The number of ether oxygens (including phenoxy) is 1. The third kappa shape index (κ3) is 5.66. The van der Waals surface area contributed by atoms with E-state index in [0.717, 1.165) is 11.7 Å². The molecule has 0 radical (unpaired) electrons. The maximum atomic E-state index is 5.86. The fourth-order valence-electron chi connectivity index (χ4n) is 2.20. The average Bonchev–Trinajstić information content (AvgIpc) is 2.58. The van der Waals surface area contributed by atoms with Gasteiger partial charge in [-0.3, -0.25) is 4.99 Å². The Hall–Kier alpha value is -2.49. The third-order valence-electron chi connectivity index (χ3n) is 3.35. The Labute approximate surface area is 138 Å². The predicted octanol–water partition coefficient (Wildman–Crippen LogP) is 3.34. The van der Waals surface area contributed by atoms with Crippen molar-refractivity contribution in [3.8, 4) is 5.75 Å². The van der Waals surface area contributed by atoms with Gasteiger partial charge in [-0.2, -0.15) is 0 Å². The molecule has 0 spiro atoms. The number of aliphatic imine (C=N–C) groups is 1. The zero-order chi connectivity index (χ0) is 16.5. The van der Waals surface area contributed by atoms with E-state index in [1.54, 1.807) is 7.05 Å². The second-order valence-electron chi connectivity index (χ2n) is 5.60. The van der Waals surface area contributed by atoms with Crippen LogP contribution in [0.2, 0.25) is 0 Å².